The second-order valence-corrected chi connectivity index (χ2v) is 8.39. The highest BCUT2D eigenvalue weighted by Gasteiger charge is 2.32. The molecule has 2 amide bonds. The number of piperidine rings is 1. The maximum Gasteiger partial charge on any atom is 0.267 e. The number of fused-ring (bicyclic) bond motifs is 7. The molecule has 2 atom stereocenters. The van der Waals surface area contributed by atoms with Crippen molar-refractivity contribution in [1.29, 1.82) is 0 Å². The lowest BCUT2D eigenvalue weighted by Gasteiger charge is -2.39. The first-order valence-corrected chi connectivity index (χ1v) is 11.1. The number of ether oxygens (including phenoxy) is 2. The number of nitrogens with two attached hydrogens (primary N) is 1. The third-order valence-electron chi connectivity index (χ3n) is 6.08. The predicted molar refractivity (Wildman–Crippen MR) is 121 cm³/mol. The number of aryl methyl sites for hydroxylation is 1. The molecule has 1 aromatic heterocycles. The summed E-state index contributed by atoms with van der Waals surface area (Å²) in [6.45, 7) is 7.51. The van der Waals surface area contributed by atoms with Gasteiger partial charge in [-0.15, -0.1) is 0 Å². The van der Waals surface area contributed by atoms with Crippen LogP contribution >= 0.6 is 0 Å². The number of likely N-dealkylation sites (tertiary alicyclic amines) is 1. The fourth-order valence-electron chi connectivity index (χ4n) is 4.50. The summed E-state index contributed by atoms with van der Waals surface area (Å²) in [6.07, 6.45) is 6.29. The minimum atomic E-state index is -0.588. The van der Waals surface area contributed by atoms with Crippen molar-refractivity contribution >= 4 is 11.8 Å². The van der Waals surface area contributed by atoms with Crippen molar-refractivity contribution in [1.82, 2.24) is 9.88 Å². The van der Waals surface area contributed by atoms with E-state index in [1.165, 1.54) is 6.08 Å². The highest BCUT2D eigenvalue weighted by molar-refractivity contribution is 5.92. The molecule has 0 radical (unpaired) electrons. The van der Waals surface area contributed by atoms with Gasteiger partial charge in [-0.05, 0) is 61.9 Å². The summed E-state index contributed by atoms with van der Waals surface area (Å²) in [5.74, 6) is -0.0678. The van der Waals surface area contributed by atoms with E-state index in [0.717, 1.165) is 47.9 Å². The molecule has 1 saturated heterocycles. The first-order valence-electron chi connectivity index (χ1n) is 11.1. The van der Waals surface area contributed by atoms with Crippen molar-refractivity contribution in [3.05, 3.63) is 59.9 Å². The Morgan fingerprint density at radius 3 is 2.81 bits per heavy atom. The number of primary amides is 1. The third kappa shape index (κ3) is 4.67. The van der Waals surface area contributed by atoms with Crippen LogP contribution in [0.4, 0.5) is 0 Å². The zero-order valence-corrected chi connectivity index (χ0v) is 18.4. The average molecular weight is 436 g/mol. The van der Waals surface area contributed by atoms with Gasteiger partial charge in [-0.25, -0.2) is 4.98 Å². The smallest absolute Gasteiger partial charge is 0.267 e. The lowest BCUT2D eigenvalue weighted by atomic mass is 9.89. The topological polar surface area (TPSA) is 94.8 Å². The molecule has 2 N–H and O–H groups in total. The van der Waals surface area contributed by atoms with Crippen LogP contribution in [0.25, 0.3) is 11.1 Å². The van der Waals surface area contributed by atoms with E-state index in [2.05, 4.69) is 23.7 Å². The zero-order valence-electron chi connectivity index (χ0n) is 18.4. The van der Waals surface area contributed by atoms with Gasteiger partial charge in [-0.1, -0.05) is 24.3 Å². The molecule has 0 spiro atoms. The zero-order chi connectivity index (χ0) is 22.7. The summed E-state index contributed by atoms with van der Waals surface area (Å²) >= 11 is 0. The molecular formula is C25H29N3O4. The SMILES string of the molecule is C=CC(=O)N1CC[C@@H]2C[C@@H]1c1cc(C)cc(c1)-c1cc(C(N)=O)ncc1OCCCCO2. The summed E-state index contributed by atoms with van der Waals surface area (Å²) in [5.41, 5.74) is 9.40. The molecule has 2 aliphatic rings. The van der Waals surface area contributed by atoms with Gasteiger partial charge in [0.1, 0.15) is 11.4 Å². The molecule has 7 heteroatoms. The van der Waals surface area contributed by atoms with Gasteiger partial charge in [-0.3, -0.25) is 9.59 Å². The van der Waals surface area contributed by atoms with Gasteiger partial charge in [-0.2, -0.15) is 0 Å². The molecule has 3 heterocycles. The largest absolute Gasteiger partial charge is 0.491 e. The van der Waals surface area contributed by atoms with E-state index in [9.17, 15) is 9.59 Å². The Kier molecular flexibility index (Phi) is 6.55. The molecule has 0 saturated carbocycles. The van der Waals surface area contributed by atoms with Crippen LogP contribution in [0.2, 0.25) is 0 Å². The molecule has 4 bridgehead atoms. The van der Waals surface area contributed by atoms with Crippen LogP contribution in [0.1, 0.15) is 53.3 Å². The Morgan fingerprint density at radius 1 is 1.22 bits per heavy atom. The Labute approximate surface area is 188 Å². The Balaban J connectivity index is 1.84. The molecule has 1 fully saturated rings. The number of carbonyl (C=O) groups is 2. The summed E-state index contributed by atoms with van der Waals surface area (Å²) in [5, 5.41) is 0. The van der Waals surface area contributed by atoms with Gasteiger partial charge in [0.2, 0.25) is 5.91 Å². The number of carbonyl (C=O) groups excluding carboxylic acids is 2. The summed E-state index contributed by atoms with van der Waals surface area (Å²) in [4.78, 5) is 30.4. The van der Waals surface area contributed by atoms with Crippen LogP contribution < -0.4 is 10.5 Å². The van der Waals surface area contributed by atoms with Crippen LogP contribution in [-0.2, 0) is 9.53 Å². The molecule has 168 valence electrons. The number of nitrogens with zero attached hydrogens (tertiary/aromatic N) is 2. The van der Waals surface area contributed by atoms with Gasteiger partial charge in [0.25, 0.3) is 5.91 Å². The quantitative estimate of drug-likeness (QED) is 0.728. The van der Waals surface area contributed by atoms with Gasteiger partial charge >= 0.3 is 0 Å². The highest BCUT2D eigenvalue weighted by atomic mass is 16.5. The van der Waals surface area contributed by atoms with Crippen LogP contribution in [0.15, 0.2) is 43.1 Å². The number of hydrogen-bond acceptors (Lipinski definition) is 5. The number of amides is 2. The first-order chi connectivity index (χ1) is 15.5. The van der Waals surface area contributed by atoms with Gasteiger partial charge < -0.3 is 20.1 Å². The standard InChI is InChI=1S/C25H29N3O4/c1-3-24(29)28-7-6-19-13-22(28)18-11-16(2)10-17(12-18)20-14-21(25(26)30)27-15-23(20)32-9-5-4-8-31-19/h3,10-12,14-15,19,22H,1,4-9,13H2,2H3,(H2,26,30)/t19-,22-/m1/s1. The summed E-state index contributed by atoms with van der Waals surface area (Å²) < 4.78 is 12.2. The van der Waals surface area contributed by atoms with Crippen LogP contribution in [-0.4, -0.2) is 47.6 Å². The van der Waals surface area contributed by atoms with Crippen LogP contribution in [0, 0.1) is 6.92 Å². The summed E-state index contributed by atoms with van der Waals surface area (Å²) in [6, 6.07) is 7.76. The molecule has 2 aromatic rings. The number of pyridine rings is 1. The fourth-order valence-corrected chi connectivity index (χ4v) is 4.50. The van der Waals surface area contributed by atoms with Crippen LogP contribution in [0.3, 0.4) is 0 Å². The molecule has 0 unspecified atom stereocenters. The molecule has 32 heavy (non-hydrogen) atoms. The second-order valence-electron chi connectivity index (χ2n) is 8.39. The van der Waals surface area contributed by atoms with E-state index in [4.69, 9.17) is 15.2 Å². The first kappa shape index (κ1) is 22.0. The van der Waals surface area contributed by atoms with Crippen molar-refractivity contribution in [2.45, 2.75) is 44.8 Å². The summed E-state index contributed by atoms with van der Waals surface area (Å²) in [7, 11) is 0. The maximum atomic E-state index is 12.6. The molecule has 1 aromatic carbocycles. The normalized spacial score (nSPS) is 21.0. The van der Waals surface area contributed by atoms with Gasteiger partial charge in [0, 0.05) is 18.7 Å². The number of benzene rings is 1. The molecule has 7 nitrogen and oxygen atoms in total. The third-order valence-corrected chi connectivity index (χ3v) is 6.08. The fraction of sp³-hybridized carbons (Fsp3) is 0.400. The van der Waals surface area contributed by atoms with Crippen molar-refractivity contribution in [3.63, 3.8) is 0 Å². The average Bonchev–Trinajstić information content (AvgIpc) is 2.79. The molecule has 2 aliphatic heterocycles. The van der Waals surface area contributed by atoms with E-state index in [0.29, 0.717) is 25.5 Å². The van der Waals surface area contributed by atoms with E-state index in [-0.39, 0.29) is 23.7 Å². The Morgan fingerprint density at radius 2 is 2.03 bits per heavy atom. The maximum absolute atomic E-state index is 12.6. The van der Waals surface area contributed by atoms with E-state index < -0.39 is 5.91 Å². The van der Waals surface area contributed by atoms with E-state index in [1.54, 1.807) is 12.3 Å². The second kappa shape index (κ2) is 9.53. The minimum Gasteiger partial charge on any atom is -0.491 e. The van der Waals surface area contributed by atoms with Gasteiger partial charge in [0.15, 0.2) is 0 Å². The molecule has 0 aliphatic carbocycles. The lowest BCUT2D eigenvalue weighted by molar-refractivity contribution is -0.132. The highest BCUT2D eigenvalue weighted by Crippen LogP contribution is 2.38. The van der Waals surface area contributed by atoms with Crippen molar-refractivity contribution in [3.8, 4) is 16.9 Å². The molecule has 4 rings (SSSR count). The number of hydrogen-bond donors (Lipinski definition) is 1. The van der Waals surface area contributed by atoms with Crippen molar-refractivity contribution in [2.75, 3.05) is 19.8 Å². The number of rotatable bonds is 2. The number of aromatic nitrogens is 1. The predicted octanol–water partition coefficient (Wildman–Crippen LogP) is 3.56. The van der Waals surface area contributed by atoms with Gasteiger partial charge in [0.05, 0.1) is 24.9 Å². The van der Waals surface area contributed by atoms with E-state index >= 15 is 0 Å². The lowest BCUT2D eigenvalue weighted by Crippen LogP contribution is -2.42. The molecular weight excluding hydrogens is 406 g/mol. The monoisotopic (exact) mass is 435 g/mol. The minimum absolute atomic E-state index is 0.0819. The Bertz CT molecular complexity index is 1040. The van der Waals surface area contributed by atoms with E-state index in [1.807, 2.05) is 17.9 Å². The Hall–Kier alpha value is -3.19. The van der Waals surface area contributed by atoms with Crippen molar-refractivity contribution in [2.24, 2.45) is 5.73 Å². The van der Waals surface area contributed by atoms with Crippen LogP contribution in [0.5, 0.6) is 5.75 Å². The van der Waals surface area contributed by atoms with Crippen molar-refractivity contribution < 1.29 is 19.1 Å².